The van der Waals surface area contributed by atoms with Gasteiger partial charge in [0.1, 0.15) is 12.2 Å². The number of anilines is 1. The number of hydrogen-bond acceptors (Lipinski definition) is 5. The molecule has 0 fully saturated rings. The standard InChI is InChI=1S/C25H26N4O5/c1-15(11-22(30)31)12-26-24(32)20-13-29(2)28-23(20)27-25(33)34-14-21-18-9-5-3-7-16(18)17-8-4-6-10-19(17)21/h3-10,13,15,21H,11-12,14H2,1-2H3,(H,26,32)(H,30,31)(H,27,28,33). The van der Waals surface area contributed by atoms with Crippen molar-refractivity contribution in [3.63, 3.8) is 0 Å². The van der Waals surface area contributed by atoms with Crippen molar-refractivity contribution in [3.8, 4) is 11.1 Å². The van der Waals surface area contributed by atoms with E-state index in [0.717, 1.165) is 22.3 Å². The first-order valence-electron chi connectivity index (χ1n) is 11.0. The molecule has 0 radical (unpaired) electrons. The minimum atomic E-state index is -0.930. The molecule has 0 aliphatic heterocycles. The summed E-state index contributed by atoms with van der Waals surface area (Å²) in [6.45, 7) is 2.05. The molecular weight excluding hydrogens is 436 g/mol. The van der Waals surface area contributed by atoms with Gasteiger partial charge in [0, 0.05) is 32.1 Å². The van der Waals surface area contributed by atoms with Gasteiger partial charge >= 0.3 is 12.1 Å². The number of rotatable bonds is 8. The van der Waals surface area contributed by atoms with Gasteiger partial charge in [0.15, 0.2) is 5.82 Å². The summed E-state index contributed by atoms with van der Waals surface area (Å²) in [5, 5.41) is 18.2. The molecule has 1 aliphatic carbocycles. The van der Waals surface area contributed by atoms with Gasteiger partial charge in [-0.25, -0.2) is 4.79 Å². The molecule has 1 atom stereocenters. The third-order valence-corrected chi connectivity index (χ3v) is 5.77. The maximum atomic E-state index is 12.6. The van der Waals surface area contributed by atoms with Crippen molar-refractivity contribution in [2.75, 3.05) is 18.5 Å². The van der Waals surface area contributed by atoms with E-state index in [4.69, 9.17) is 9.84 Å². The Balaban J connectivity index is 1.40. The summed E-state index contributed by atoms with van der Waals surface area (Å²) in [6.07, 6.45) is 0.711. The van der Waals surface area contributed by atoms with Crippen molar-refractivity contribution in [2.45, 2.75) is 19.3 Å². The second-order valence-corrected chi connectivity index (χ2v) is 8.43. The maximum Gasteiger partial charge on any atom is 0.412 e. The number of carbonyl (C=O) groups is 3. The van der Waals surface area contributed by atoms with E-state index in [-0.39, 0.29) is 42.8 Å². The fourth-order valence-electron chi connectivity index (χ4n) is 4.21. The molecule has 3 N–H and O–H groups in total. The molecule has 3 aromatic rings. The van der Waals surface area contributed by atoms with Gasteiger partial charge in [0.05, 0.1) is 0 Å². The van der Waals surface area contributed by atoms with Gasteiger partial charge in [-0.05, 0) is 28.2 Å². The first kappa shape index (κ1) is 23.0. The van der Waals surface area contributed by atoms with Gasteiger partial charge in [0.25, 0.3) is 5.91 Å². The molecule has 9 nitrogen and oxygen atoms in total. The molecule has 9 heteroatoms. The van der Waals surface area contributed by atoms with Crippen LogP contribution in [0.3, 0.4) is 0 Å². The molecule has 4 rings (SSSR count). The number of aromatic nitrogens is 2. The van der Waals surface area contributed by atoms with Gasteiger partial charge in [-0.15, -0.1) is 0 Å². The molecule has 1 heterocycles. The topological polar surface area (TPSA) is 123 Å². The molecule has 1 unspecified atom stereocenters. The minimum Gasteiger partial charge on any atom is -0.481 e. The van der Waals surface area contributed by atoms with E-state index in [1.54, 1.807) is 14.0 Å². The number of amides is 2. The molecule has 1 aliphatic rings. The first-order chi connectivity index (χ1) is 16.3. The highest BCUT2D eigenvalue weighted by Crippen LogP contribution is 2.44. The minimum absolute atomic E-state index is 0.0574. The number of ether oxygens (including phenoxy) is 1. The molecular formula is C25H26N4O5. The van der Waals surface area contributed by atoms with Crippen LogP contribution in [0.1, 0.15) is 40.7 Å². The number of carboxylic acid groups (broad SMARTS) is 1. The Morgan fingerprint density at radius 1 is 1.09 bits per heavy atom. The number of nitrogens with one attached hydrogen (secondary N) is 2. The molecule has 1 aromatic heterocycles. The van der Waals surface area contributed by atoms with Crippen LogP contribution in [-0.2, 0) is 16.6 Å². The Kier molecular flexibility index (Phi) is 6.62. The summed E-state index contributed by atoms with van der Waals surface area (Å²) >= 11 is 0. The summed E-state index contributed by atoms with van der Waals surface area (Å²) < 4.78 is 6.94. The molecule has 0 saturated carbocycles. The van der Waals surface area contributed by atoms with Crippen molar-refractivity contribution in [2.24, 2.45) is 13.0 Å². The van der Waals surface area contributed by atoms with Crippen LogP contribution in [0.15, 0.2) is 54.7 Å². The zero-order chi connectivity index (χ0) is 24.2. The number of benzene rings is 2. The second kappa shape index (κ2) is 9.78. The van der Waals surface area contributed by atoms with Crippen LogP contribution >= 0.6 is 0 Å². The summed E-state index contributed by atoms with van der Waals surface area (Å²) in [5.74, 6) is -1.64. The highest BCUT2D eigenvalue weighted by Gasteiger charge is 2.29. The van der Waals surface area contributed by atoms with Crippen molar-refractivity contribution >= 4 is 23.8 Å². The van der Waals surface area contributed by atoms with Gasteiger partial charge in [-0.1, -0.05) is 55.5 Å². The summed E-state index contributed by atoms with van der Waals surface area (Å²) in [7, 11) is 1.63. The molecule has 2 amide bonds. The lowest BCUT2D eigenvalue weighted by Gasteiger charge is -2.14. The molecule has 34 heavy (non-hydrogen) atoms. The Morgan fingerprint density at radius 2 is 1.71 bits per heavy atom. The number of nitrogens with zero attached hydrogens (tertiary/aromatic N) is 2. The van der Waals surface area contributed by atoms with Gasteiger partial charge in [0.2, 0.25) is 0 Å². The second-order valence-electron chi connectivity index (χ2n) is 8.43. The number of carbonyl (C=O) groups excluding carboxylic acids is 2. The lowest BCUT2D eigenvalue weighted by Crippen LogP contribution is -2.30. The average molecular weight is 463 g/mol. The Hall–Kier alpha value is -4.14. The average Bonchev–Trinajstić information content (AvgIpc) is 3.33. The summed E-state index contributed by atoms with van der Waals surface area (Å²) in [4.78, 5) is 36.0. The number of hydrogen-bond donors (Lipinski definition) is 3. The van der Waals surface area contributed by atoms with Gasteiger partial charge in [-0.2, -0.15) is 5.10 Å². The number of aryl methyl sites for hydroxylation is 1. The third kappa shape index (κ3) is 4.93. The third-order valence-electron chi connectivity index (χ3n) is 5.77. The fourth-order valence-corrected chi connectivity index (χ4v) is 4.21. The van der Waals surface area contributed by atoms with E-state index < -0.39 is 18.0 Å². The van der Waals surface area contributed by atoms with Crippen LogP contribution in [0, 0.1) is 5.92 Å². The van der Waals surface area contributed by atoms with Gasteiger partial charge < -0.3 is 15.2 Å². The zero-order valence-electron chi connectivity index (χ0n) is 18.9. The number of carboxylic acids is 1. The van der Waals surface area contributed by atoms with Crippen molar-refractivity contribution < 1.29 is 24.2 Å². The van der Waals surface area contributed by atoms with Crippen molar-refractivity contribution in [3.05, 3.63) is 71.4 Å². The van der Waals surface area contributed by atoms with Crippen molar-refractivity contribution in [1.82, 2.24) is 15.1 Å². The maximum absolute atomic E-state index is 12.6. The Morgan fingerprint density at radius 3 is 2.32 bits per heavy atom. The SMILES string of the molecule is CC(CNC(=O)c1cn(C)nc1NC(=O)OCC1c2ccccc2-c2ccccc21)CC(=O)O. The van der Waals surface area contributed by atoms with Crippen molar-refractivity contribution in [1.29, 1.82) is 0 Å². The van der Waals surface area contributed by atoms with Crippen LogP contribution in [0.2, 0.25) is 0 Å². The number of aliphatic carboxylic acids is 1. The lowest BCUT2D eigenvalue weighted by atomic mass is 9.98. The smallest absolute Gasteiger partial charge is 0.412 e. The molecule has 0 spiro atoms. The van der Waals surface area contributed by atoms with E-state index in [9.17, 15) is 14.4 Å². The Bertz CT molecular complexity index is 1190. The predicted molar refractivity (Wildman–Crippen MR) is 126 cm³/mol. The predicted octanol–water partition coefficient (Wildman–Crippen LogP) is 3.62. The van der Waals surface area contributed by atoms with E-state index in [1.165, 1.54) is 10.9 Å². The van der Waals surface area contributed by atoms with E-state index in [1.807, 2.05) is 36.4 Å². The molecule has 0 saturated heterocycles. The van der Waals surface area contributed by atoms with Gasteiger partial charge in [-0.3, -0.25) is 19.6 Å². The Labute approximate surface area is 196 Å². The van der Waals surface area contributed by atoms with E-state index in [2.05, 4.69) is 27.9 Å². The fraction of sp³-hybridized carbons (Fsp3) is 0.280. The quantitative estimate of drug-likeness (QED) is 0.470. The molecule has 0 bridgehead atoms. The monoisotopic (exact) mass is 462 g/mol. The molecule has 176 valence electrons. The van der Waals surface area contributed by atoms with Crippen LogP contribution < -0.4 is 10.6 Å². The van der Waals surface area contributed by atoms with E-state index >= 15 is 0 Å². The summed E-state index contributed by atoms with van der Waals surface area (Å²) in [5.41, 5.74) is 4.63. The first-order valence-corrected chi connectivity index (χ1v) is 11.0. The van der Waals surface area contributed by atoms with E-state index in [0.29, 0.717) is 0 Å². The zero-order valence-corrected chi connectivity index (χ0v) is 18.9. The van der Waals surface area contributed by atoms with Crippen LogP contribution in [0.25, 0.3) is 11.1 Å². The summed E-state index contributed by atoms with van der Waals surface area (Å²) in [6, 6.07) is 16.1. The van der Waals surface area contributed by atoms with Crippen LogP contribution in [0.5, 0.6) is 0 Å². The van der Waals surface area contributed by atoms with Crippen LogP contribution in [0.4, 0.5) is 10.6 Å². The lowest BCUT2D eigenvalue weighted by molar-refractivity contribution is -0.137. The highest BCUT2D eigenvalue weighted by atomic mass is 16.5. The number of fused-ring (bicyclic) bond motifs is 3. The highest BCUT2D eigenvalue weighted by molar-refractivity contribution is 6.01. The normalized spacial score (nSPS) is 13.0. The van der Waals surface area contributed by atoms with Crippen LogP contribution in [-0.4, -0.2) is 46.0 Å². The largest absolute Gasteiger partial charge is 0.481 e. The molecule has 2 aromatic carbocycles.